The number of hydrogen-bond acceptors (Lipinski definition) is 6. The Labute approximate surface area is 232 Å². The fourth-order valence-electron chi connectivity index (χ4n) is 4.96. The number of halogens is 1. The van der Waals surface area contributed by atoms with Crippen LogP contribution in [0.5, 0.6) is 0 Å². The number of anilines is 1. The first-order chi connectivity index (χ1) is 18.1. The van der Waals surface area contributed by atoms with E-state index in [-0.39, 0.29) is 17.3 Å². The lowest BCUT2D eigenvalue weighted by Gasteiger charge is -2.34. The third-order valence-electron chi connectivity index (χ3n) is 6.83. The average Bonchev–Trinajstić information content (AvgIpc) is 3.34. The summed E-state index contributed by atoms with van der Waals surface area (Å²) >= 11 is 7.71. The summed E-state index contributed by atoms with van der Waals surface area (Å²) in [7, 11) is -3.64. The molecule has 2 atom stereocenters. The normalized spacial score (nSPS) is 18.5. The molecule has 2 aromatic carbocycles. The van der Waals surface area contributed by atoms with Gasteiger partial charge in [0.15, 0.2) is 5.13 Å². The van der Waals surface area contributed by atoms with Crippen LogP contribution < -0.4 is 4.90 Å². The number of fused-ring (bicyclic) bond motifs is 1. The summed E-state index contributed by atoms with van der Waals surface area (Å²) in [4.78, 5) is 24.7. The van der Waals surface area contributed by atoms with E-state index < -0.39 is 10.0 Å². The molecule has 0 saturated carbocycles. The van der Waals surface area contributed by atoms with Crippen molar-refractivity contribution in [3.63, 3.8) is 0 Å². The highest BCUT2D eigenvalue weighted by molar-refractivity contribution is 7.89. The van der Waals surface area contributed by atoms with Gasteiger partial charge in [-0.1, -0.05) is 42.9 Å². The third-order valence-corrected chi connectivity index (χ3v) is 10.1. The molecule has 1 amide bonds. The van der Waals surface area contributed by atoms with Crippen molar-refractivity contribution in [1.29, 1.82) is 0 Å². The average molecular weight is 569 g/mol. The number of pyridine rings is 1. The van der Waals surface area contributed by atoms with Crippen molar-refractivity contribution < 1.29 is 13.2 Å². The number of aryl methyl sites for hydroxylation is 1. The predicted molar refractivity (Wildman–Crippen MR) is 152 cm³/mol. The van der Waals surface area contributed by atoms with E-state index in [0.717, 1.165) is 22.2 Å². The summed E-state index contributed by atoms with van der Waals surface area (Å²) < 4.78 is 29.1. The van der Waals surface area contributed by atoms with Crippen LogP contribution in [0.25, 0.3) is 10.2 Å². The van der Waals surface area contributed by atoms with Crippen molar-refractivity contribution in [3.05, 3.63) is 82.6 Å². The Morgan fingerprint density at radius 3 is 2.45 bits per heavy atom. The molecule has 1 fully saturated rings. The Hall–Kier alpha value is -2.85. The lowest BCUT2D eigenvalue weighted by molar-refractivity contribution is 0.0984. The molecule has 0 aliphatic carbocycles. The van der Waals surface area contributed by atoms with Crippen molar-refractivity contribution in [2.24, 2.45) is 11.8 Å². The highest BCUT2D eigenvalue weighted by atomic mass is 35.5. The van der Waals surface area contributed by atoms with Crippen LogP contribution in [0.4, 0.5) is 5.13 Å². The van der Waals surface area contributed by atoms with Crippen LogP contribution in [0.15, 0.2) is 65.7 Å². The highest BCUT2D eigenvalue weighted by Gasteiger charge is 2.32. The van der Waals surface area contributed by atoms with Crippen molar-refractivity contribution >= 4 is 54.2 Å². The Morgan fingerprint density at radius 1 is 1.08 bits per heavy atom. The van der Waals surface area contributed by atoms with Gasteiger partial charge in [0.1, 0.15) is 0 Å². The number of sulfonamides is 1. The number of hydrogen-bond donors (Lipinski definition) is 0. The fourth-order valence-corrected chi connectivity index (χ4v) is 7.82. The van der Waals surface area contributed by atoms with E-state index in [4.69, 9.17) is 16.6 Å². The lowest BCUT2D eigenvalue weighted by atomic mass is 9.94. The van der Waals surface area contributed by atoms with Crippen LogP contribution in [0.3, 0.4) is 0 Å². The SMILES string of the molecule is Cc1c(Cl)ccc2sc(N(Cc3ccccn3)C(=O)c3ccc(S(=O)(=O)N4CC(C)CC(C)C4)cc3)nc12. The number of amides is 1. The van der Waals surface area contributed by atoms with Crippen molar-refractivity contribution in [3.8, 4) is 0 Å². The molecule has 0 bridgehead atoms. The summed E-state index contributed by atoms with van der Waals surface area (Å²) in [6.07, 6.45) is 2.70. The van der Waals surface area contributed by atoms with Gasteiger partial charge < -0.3 is 0 Å². The van der Waals surface area contributed by atoms with E-state index in [2.05, 4.69) is 18.8 Å². The first-order valence-corrected chi connectivity index (χ1v) is 15.1. The zero-order valence-corrected chi connectivity index (χ0v) is 23.9. The molecule has 3 heterocycles. The molecule has 0 radical (unpaired) electrons. The second-order valence-electron chi connectivity index (χ2n) is 10.0. The number of aromatic nitrogens is 2. The summed E-state index contributed by atoms with van der Waals surface area (Å²) in [6.45, 7) is 7.29. The van der Waals surface area contributed by atoms with Gasteiger partial charge in [-0.2, -0.15) is 4.31 Å². The van der Waals surface area contributed by atoms with Crippen molar-refractivity contribution in [2.45, 2.75) is 38.6 Å². The first-order valence-electron chi connectivity index (χ1n) is 12.5. The summed E-state index contributed by atoms with van der Waals surface area (Å²) in [5, 5.41) is 1.14. The van der Waals surface area contributed by atoms with Crippen LogP contribution >= 0.6 is 22.9 Å². The van der Waals surface area contributed by atoms with Gasteiger partial charge in [0.25, 0.3) is 5.91 Å². The van der Waals surface area contributed by atoms with Crippen LogP contribution in [-0.4, -0.2) is 41.7 Å². The van der Waals surface area contributed by atoms with Crippen LogP contribution in [0.1, 0.15) is 41.9 Å². The smallest absolute Gasteiger partial charge is 0.260 e. The Balaban J connectivity index is 1.47. The lowest BCUT2D eigenvalue weighted by Crippen LogP contribution is -2.42. The van der Waals surface area contributed by atoms with E-state index in [1.807, 2.05) is 37.3 Å². The quantitative estimate of drug-likeness (QED) is 0.278. The number of carbonyl (C=O) groups is 1. The van der Waals surface area contributed by atoms with Gasteiger partial charge in [-0.15, -0.1) is 0 Å². The Kier molecular flexibility index (Phi) is 7.55. The molecule has 0 spiro atoms. The zero-order valence-electron chi connectivity index (χ0n) is 21.5. The van der Waals surface area contributed by atoms with Gasteiger partial charge in [-0.05, 0) is 79.3 Å². The molecule has 1 aliphatic rings. The maximum absolute atomic E-state index is 13.8. The maximum atomic E-state index is 13.8. The van der Waals surface area contributed by atoms with Gasteiger partial charge in [0.2, 0.25) is 10.0 Å². The van der Waals surface area contributed by atoms with E-state index in [9.17, 15) is 13.2 Å². The predicted octanol–water partition coefficient (Wildman–Crippen LogP) is 6.17. The monoisotopic (exact) mass is 568 g/mol. The Bertz CT molecular complexity index is 1560. The molecule has 1 saturated heterocycles. The molecular weight excluding hydrogens is 540 g/mol. The third kappa shape index (κ3) is 5.33. The molecule has 38 heavy (non-hydrogen) atoms. The maximum Gasteiger partial charge on any atom is 0.260 e. The molecule has 4 aromatic rings. The number of benzene rings is 2. The van der Waals surface area contributed by atoms with Gasteiger partial charge in [0.05, 0.1) is 27.4 Å². The van der Waals surface area contributed by atoms with Gasteiger partial charge >= 0.3 is 0 Å². The van der Waals surface area contributed by atoms with Crippen LogP contribution in [0.2, 0.25) is 5.02 Å². The topological polar surface area (TPSA) is 83.5 Å². The Morgan fingerprint density at radius 2 is 1.79 bits per heavy atom. The van der Waals surface area contributed by atoms with Gasteiger partial charge in [0, 0.05) is 29.9 Å². The summed E-state index contributed by atoms with van der Waals surface area (Å²) in [5.74, 6) is 0.325. The molecule has 5 rings (SSSR count). The van der Waals surface area contributed by atoms with E-state index in [0.29, 0.717) is 46.3 Å². The number of rotatable bonds is 6. The number of thiazole rings is 1. The highest BCUT2D eigenvalue weighted by Crippen LogP contribution is 2.35. The zero-order chi connectivity index (χ0) is 27.0. The van der Waals surface area contributed by atoms with Crippen LogP contribution in [0, 0.1) is 18.8 Å². The molecule has 7 nitrogen and oxygen atoms in total. The largest absolute Gasteiger partial charge is 0.278 e. The fraction of sp³-hybridized carbons (Fsp3) is 0.321. The second kappa shape index (κ2) is 10.7. The summed E-state index contributed by atoms with van der Waals surface area (Å²) in [6, 6.07) is 15.5. The van der Waals surface area contributed by atoms with Crippen LogP contribution in [-0.2, 0) is 16.6 Å². The molecular formula is C28H29ClN4O3S2. The molecule has 2 unspecified atom stereocenters. The molecule has 10 heteroatoms. The number of nitrogens with zero attached hydrogens (tertiary/aromatic N) is 4. The first kappa shape index (κ1) is 26.7. The molecule has 2 aromatic heterocycles. The minimum Gasteiger partial charge on any atom is -0.278 e. The van der Waals surface area contributed by atoms with Crippen molar-refractivity contribution in [1.82, 2.24) is 14.3 Å². The molecule has 1 aliphatic heterocycles. The van der Waals surface area contributed by atoms with Gasteiger partial charge in [-0.3, -0.25) is 14.7 Å². The molecule has 0 N–H and O–H groups in total. The van der Waals surface area contributed by atoms with Crippen molar-refractivity contribution in [2.75, 3.05) is 18.0 Å². The van der Waals surface area contributed by atoms with E-state index in [1.165, 1.54) is 23.5 Å². The second-order valence-corrected chi connectivity index (χ2v) is 13.4. The van der Waals surface area contributed by atoms with E-state index in [1.54, 1.807) is 27.5 Å². The minimum absolute atomic E-state index is 0.192. The summed E-state index contributed by atoms with van der Waals surface area (Å²) in [5.41, 5.74) is 2.69. The minimum atomic E-state index is -3.64. The number of piperidine rings is 1. The van der Waals surface area contributed by atoms with E-state index >= 15 is 0 Å². The number of carbonyl (C=O) groups excluding carboxylic acids is 1. The molecule has 198 valence electrons. The van der Waals surface area contributed by atoms with Gasteiger partial charge in [-0.25, -0.2) is 13.4 Å². The standard InChI is InChI=1S/C28H29ClN4O3S2/c1-18-14-19(2)16-32(15-18)38(35,36)23-9-7-21(8-10-23)27(34)33(17-22-6-4-5-13-30-22)28-31-26-20(3)24(29)11-12-25(26)37-28/h4-13,18-19H,14-17H2,1-3H3.